The molecule has 0 aliphatic carbocycles. The Morgan fingerprint density at radius 3 is 2.79 bits per heavy atom. The number of hydrogen-bond acceptors (Lipinski definition) is 5. The number of nitrogens with one attached hydrogen (secondary N) is 1. The Balaban J connectivity index is 1.79. The molecule has 0 fully saturated rings. The quantitative estimate of drug-likeness (QED) is 0.766. The Labute approximate surface area is 110 Å². The fourth-order valence-corrected chi connectivity index (χ4v) is 2.01. The van der Waals surface area contributed by atoms with Gasteiger partial charge in [0.2, 0.25) is 0 Å². The number of hydrogen-bond donors (Lipinski definition) is 1. The number of rotatable bonds is 4. The molecule has 0 atom stereocenters. The molecule has 0 aliphatic rings. The molecule has 6 heteroatoms. The standard InChI is InChI=1S/C13H14N6/c1-10-11-4-2-3-5-12(11)13(17-16-10)14-6-8-19-9-7-15-18-19/h2-5,7,9H,6,8H2,1H3,(H,14,17). The normalized spacial score (nSPS) is 10.8. The summed E-state index contributed by atoms with van der Waals surface area (Å²) in [4.78, 5) is 0. The molecule has 0 amide bonds. The van der Waals surface area contributed by atoms with Crippen molar-refractivity contribution in [2.24, 2.45) is 0 Å². The van der Waals surface area contributed by atoms with Gasteiger partial charge in [-0.3, -0.25) is 4.68 Å². The minimum Gasteiger partial charge on any atom is -0.366 e. The van der Waals surface area contributed by atoms with Crippen LogP contribution in [-0.2, 0) is 6.54 Å². The van der Waals surface area contributed by atoms with E-state index in [0.29, 0.717) is 0 Å². The Hall–Kier alpha value is -2.50. The van der Waals surface area contributed by atoms with Crippen molar-refractivity contribution < 1.29 is 0 Å². The molecule has 3 rings (SSSR count). The first-order chi connectivity index (χ1) is 9.34. The second kappa shape index (κ2) is 5.01. The van der Waals surface area contributed by atoms with Crippen LogP contribution in [0.3, 0.4) is 0 Å². The first-order valence-corrected chi connectivity index (χ1v) is 6.14. The topological polar surface area (TPSA) is 68.5 Å². The molecular weight excluding hydrogens is 240 g/mol. The van der Waals surface area contributed by atoms with Crippen molar-refractivity contribution in [1.29, 1.82) is 0 Å². The monoisotopic (exact) mass is 254 g/mol. The van der Waals surface area contributed by atoms with E-state index in [1.54, 1.807) is 10.9 Å². The van der Waals surface area contributed by atoms with Crippen molar-refractivity contribution in [3.8, 4) is 0 Å². The largest absolute Gasteiger partial charge is 0.366 e. The van der Waals surface area contributed by atoms with Crippen LogP contribution < -0.4 is 5.32 Å². The second-order valence-electron chi connectivity index (χ2n) is 4.27. The summed E-state index contributed by atoms with van der Waals surface area (Å²) < 4.78 is 1.77. The van der Waals surface area contributed by atoms with Crippen molar-refractivity contribution in [3.63, 3.8) is 0 Å². The maximum Gasteiger partial charge on any atom is 0.156 e. The summed E-state index contributed by atoms with van der Waals surface area (Å²) in [5.41, 5.74) is 0.942. The number of aryl methyl sites for hydroxylation is 1. The SMILES string of the molecule is Cc1nnc(NCCn2ccnn2)c2ccccc12. The van der Waals surface area contributed by atoms with Crippen LogP contribution in [0.5, 0.6) is 0 Å². The third-order valence-electron chi connectivity index (χ3n) is 2.98. The number of nitrogens with zero attached hydrogens (tertiary/aromatic N) is 5. The number of benzene rings is 1. The van der Waals surface area contributed by atoms with E-state index in [9.17, 15) is 0 Å². The molecule has 0 aliphatic heterocycles. The molecular formula is C13H14N6. The van der Waals surface area contributed by atoms with Gasteiger partial charge in [0, 0.05) is 23.5 Å². The number of fused-ring (bicyclic) bond motifs is 1. The summed E-state index contributed by atoms with van der Waals surface area (Å²) in [5, 5.41) is 21.6. The van der Waals surface area contributed by atoms with Gasteiger partial charge in [-0.25, -0.2) is 0 Å². The maximum atomic E-state index is 4.22. The summed E-state index contributed by atoms with van der Waals surface area (Å²) in [6, 6.07) is 8.12. The van der Waals surface area contributed by atoms with E-state index < -0.39 is 0 Å². The molecule has 19 heavy (non-hydrogen) atoms. The smallest absolute Gasteiger partial charge is 0.156 e. The van der Waals surface area contributed by atoms with Gasteiger partial charge in [-0.05, 0) is 6.92 Å². The number of anilines is 1. The lowest BCUT2D eigenvalue weighted by atomic mass is 10.1. The summed E-state index contributed by atoms with van der Waals surface area (Å²) >= 11 is 0. The van der Waals surface area contributed by atoms with Gasteiger partial charge in [-0.15, -0.1) is 10.2 Å². The van der Waals surface area contributed by atoms with Crippen LogP contribution in [0.15, 0.2) is 36.7 Å². The molecule has 96 valence electrons. The zero-order valence-corrected chi connectivity index (χ0v) is 10.6. The van der Waals surface area contributed by atoms with Gasteiger partial charge in [-0.2, -0.15) is 5.10 Å². The zero-order valence-electron chi connectivity index (χ0n) is 10.6. The second-order valence-corrected chi connectivity index (χ2v) is 4.27. The Kier molecular flexibility index (Phi) is 3.06. The third-order valence-corrected chi connectivity index (χ3v) is 2.98. The molecule has 1 N–H and O–H groups in total. The van der Waals surface area contributed by atoms with Crippen molar-refractivity contribution in [3.05, 3.63) is 42.4 Å². The van der Waals surface area contributed by atoms with Gasteiger partial charge < -0.3 is 5.32 Å². The van der Waals surface area contributed by atoms with Crippen molar-refractivity contribution in [1.82, 2.24) is 25.2 Å². The van der Waals surface area contributed by atoms with Crippen molar-refractivity contribution in [2.75, 3.05) is 11.9 Å². The van der Waals surface area contributed by atoms with Crippen LogP contribution in [0.4, 0.5) is 5.82 Å². The lowest BCUT2D eigenvalue weighted by Crippen LogP contribution is -2.12. The highest BCUT2D eigenvalue weighted by atomic mass is 15.4. The molecule has 0 saturated heterocycles. The molecule has 0 unspecified atom stereocenters. The van der Waals surface area contributed by atoms with E-state index in [-0.39, 0.29) is 0 Å². The van der Waals surface area contributed by atoms with E-state index in [1.165, 1.54) is 0 Å². The van der Waals surface area contributed by atoms with E-state index >= 15 is 0 Å². The van der Waals surface area contributed by atoms with Gasteiger partial charge in [0.25, 0.3) is 0 Å². The Bertz CT molecular complexity index is 677. The van der Waals surface area contributed by atoms with Gasteiger partial charge in [-0.1, -0.05) is 29.5 Å². The fourth-order valence-electron chi connectivity index (χ4n) is 2.01. The molecule has 2 aromatic heterocycles. The lowest BCUT2D eigenvalue weighted by molar-refractivity contribution is 0.608. The Morgan fingerprint density at radius 2 is 2.00 bits per heavy atom. The minimum atomic E-state index is 0.727. The first-order valence-electron chi connectivity index (χ1n) is 6.14. The van der Waals surface area contributed by atoms with Gasteiger partial charge >= 0.3 is 0 Å². The molecule has 6 nitrogen and oxygen atoms in total. The van der Waals surface area contributed by atoms with E-state index in [2.05, 4.69) is 38.0 Å². The first kappa shape index (κ1) is 11.6. The highest BCUT2D eigenvalue weighted by Crippen LogP contribution is 2.21. The predicted molar refractivity (Wildman–Crippen MR) is 72.8 cm³/mol. The predicted octanol–water partition coefficient (Wildman–Crippen LogP) is 1.64. The highest BCUT2D eigenvalue weighted by molar-refractivity contribution is 5.92. The molecule has 0 bridgehead atoms. The zero-order chi connectivity index (χ0) is 13.1. The molecule has 3 aromatic rings. The average Bonchev–Trinajstić information content (AvgIpc) is 2.95. The summed E-state index contributed by atoms with van der Waals surface area (Å²) in [7, 11) is 0. The minimum absolute atomic E-state index is 0.727. The number of aromatic nitrogens is 5. The molecule has 1 aromatic carbocycles. The maximum absolute atomic E-state index is 4.22. The van der Waals surface area contributed by atoms with Crippen molar-refractivity contribution >= 4 is 16.6 Å². The molecule has 2 heterocycles. The Morgan fingerprint density at radius 1 is 1.16 bits per heavy atom. The van der Waals surface area contributed by atoms with Gasteiger partial charge in [0.05, 0.1) is 18.4 Å². The van der Waals surface area contributed by atoms with Crippen LogP contribution >= 0.6 is 0 Å². The molecule has 0 saturated carbocycles. The highest BCUT2D eigenvalue weighted by Gasteiger charge is 2.05. The average molecular weight is 254 g/mol. The van der Waals surface area contributed by atoms with Crippen LogP contribution in [-0.4, -0.2) is 31.7 Å². The summed E-state index contributed by atoms with van der Waals surface area (Å²) in [6.45, 7) is 3.43. The lowest BCUT2D eigenvalue weighted by Gasteiger charge is -2.09. The molecule has 0 radical (unpaired) electrons. The summed E-state index contributed by atoms with van der Waals surface area (Å²) in [6.07, 6.45) is 3.50. The van der Waals surface area contributed by atoms with E-state index in [0.717, 1.165) is 35.4 Å². The van der Waals surface area contributed by atoms with Crippen LogP contribution in [0.25, 0.3) is 10.8 Å². The van der Waals surface area contributed by atoms with Gasteiger partial charge in [0.15, 0.2) is 5.82 Å². The third kappa shape index (κ3) is 2.37. The van der Waals surface area contributed by atoms with E-state index in [1.807, 2.05) is 25.3 Å². The van der Waals surface area contributed by atoms with Gasteiger partial charge in [0.1, 0.15) is 0 Å². The molecule has 0 spiro atoms. The van der Waals surface area contributed by atoms with Crippen LogP contribution in [0.1, 0.15) is 5.69 Å². The van der Waals surface area contributed by atoms with Crippen LogP contribution in [0, 0.1) is 6.92 Å². The van der Waals surface area contributed by atoms with Crippen LogP contribution in [0.2, 0.25) is 0 Å². The van der Waals surface area contributed by atoms with Crippen molar-refractivity contribution in [2.45, 2.75) is 13.5 Å². The van der Waals surface area contributed by atoms with E-state index in [4.69, 9.17) is 0 Å². The summed E-state index contributed by atoms with van der Waals surface area (Å²) in [5.74, 6) is 0.807. The fraction of sp³-hybridized carbons (Fsp3) is 0.231.